The molecule has 0 spiro atoms. The van der Waals surface area contributed by atoms with Crippen LogP contribution in [0.5, 0.6) is 0 Å². The predicted octanol–water partition coefficient (Wildman–Crippen LogP) is 4.18. The van der Waals surface area contributed by atoms with E-state index in [9.17, 15) is 4.79 Å². The summed E-state index contributed by atoms with van der Waals surface area (Å²) in [7, 11) is 0. The van der Waals surface area contributed by atoms with Crippen molar-refractivity contribution >= 4 is 44.9 Å². The van der Waals surface area contributed by atoms with Gasteiger partial charge in [0.15, 0.2) is 0 Å². The van der Waals surface area contributed by atoms with Crippen molar-refractivity contribution in [3.05, 3.63) is 52.2 Å². The summed E-state index contributed by atoms with van der Waals surface area (Å²) >= 11 is 7.47. The number of carbonyl (C=O) groups excluding carboxylic acids is 1. The van der Waals surface area contributed by atoms with Crippen molar-refractivity contribution in [2.24, 2.45) is 0 Å². The van der Waals surface area contributed by atoms with Crippen LogP contribution in [0.4, 0.5) is 5.82 Å². The number of hydrogen-bond donors (Lipinski definition) is 0. The zero-order valence-corrected chi connectivity index (χ0v) is 18.4. The summed E-state index contributed by atoms with van der Waals surface area (Å²) in [5.41, 5.74) is 2.46. The lowest BCUT2D eigenvalue weighted by molar-refractivity contribution is -0.131. The van der Waals surface area contributed by atoms with Crippen molar-refractivity contribution in [3.63, 3.8) is 0 Å². The predicted molar refractivity (Wildman–Crippen MR) is 120 cm³/mol. The molecule has 7 heteroatoms. The van der Waals surface area contributed by atoms with Gasteiger partial charge in [0.25, 0.3) is 0 Å². The van der Waals surface area contributed by atoms with E-state index >= 15 is 0 Å². The highest BCUT2D eigenvalue weighted by Crippen LogP contribution is 2.35. The number of halogens is 1. The molecule has 1 aromatic carbocycles. The molecule has 0 N–H and O–H groups in total. The number of benzene rings is 1. The van der Waals surface area contributed by atoms with Gasteiger partial charge < -0.3 is 9.80 Å². The Balaban J connectivity index is 1.65. The zero-order valence-electron chi connectivity index (χ0n) is 16.8. The number of alkyl halides is 1. The zero-order chi connectivity index (χ0) is 20.4. The maximum absolute atomic E-state index is 12.2. The van der Waals surface area contributed by atoms with Gasteiger partial charge >= 0.3 is 0 Å². The van der Waals surface area contributed by atoms with Crippen molar-refractivity contribution in [2.75, 3.05) is 37.0 Å². The Kier molecular flexibility index (Phi) is 6.01. The third kappa shape index (κ3) is 4.23. The Morgan fingerprint density at radius 1 is 1.10 bits per heavy atom. The second-order valence-corrected chi connectivity index (χ2v) is 8.98. The Labute approximate surface area is 180 Å². The normalized spacial score (nSPS) is 14.6. The second kappa shape index (κ2) is 8.67. The van der Waals surface area contributed by atoms with Crippen LogP contribution in [-0.4, -0.2) is 52.8 Å². The van der Waals surface area contributed by atoms with Gasteiger partial charge in [-0.2, -0.15) is 0 Å². The molecular formula is C22H25ClN4OS. The SMILES string of the molecule is Cc1sc2nc(Cc3ccccc3)nc(N3CCN(C(=O)CCCl)CC3)c2c1C. The molecule has 0 saturated carbocycles. The molecule has 1 aliphatic rings. The summed E-state index contributed by atoms with van der Waals surface area (Å²) in [6.07, 6.45) is 1.12. The van der Waals surface area contributed by atoms with Crippen LogP contribution in [0, 0.1) is 13.8 Å². The third-order valence-corrected chi connectivity index (χ3v) is 6.79. The molecule has 2 aromatic heterocycles. The van der Waals surface area contributed by atoms with Gasteiger partial charge in [0.05, 0.1) is 5.39 Å². The fourth-order valence-corrected chi connectivity index (χ4v) is 4.97. The molecule has 5 nitrogen and oxygen atoms in total. The van der Waals surface area contributed by atoms with Gasteiger partial charge in [-0.25, -0.2) is 9.97 Å². The maximum Gasteiger partial charge on any atom is 0.223 e. The van der Waals surface area contributed by atoms with Crippen LogP contribution in [0.25, 0.3) is 10.2 Å². The van der Waals surface area contributed by atoms with Gasteiger partial charge in [-0.3, -0.25) is 4.79 Å². The maximum atomic E-state index is 12.2. The van der Waals surface area contributed by atoms with Crippen LogP contribution in [0.2, 0.25) is 0 Å². The van der Waals surface area contributed by atoms with E-state index in [1.807, 2.05) is 23.1 Å². The van der Waals surface area contributed by atoms with Gasteiger partial charge in [0, 0.05) is 49.8 Å². The highest BCUT2D eigenvalue weighted by Gasteiger charge is 2.25. The lowest BCUT2D eigenvalue weighted by Crippen LogP contribution is -2.49. The average molecular weight is 429 g/mol. The number of piperazine rings is 1. The monoisotopic (exact) mass is 428 g/mol. The summed E-state index contributed by atoms with van der Waals surface area (Å²) in [5.74, 6) is 2.37. The lowest BCUT2D eigenvalue weighted by atomic mass is 10.1. The molecule has 29 heavy (non-hydrogen) atoms. The van der Waals surface area contributed by atoms with Gasteiger partial charge in [-0.05, 0) is 25.0 Å². The Morgan fingerprint density at radius 3 is 2.52 bits per heavy atom. The molecule has 1 fully saturated rings. The molecule has 1 amide bonds. The molecule has 0 bridgehead atoms. The summed E-state index contributed by atoms with van der Waals surface area (Å²) in [4.78, 5) is 28.6. The molecule has 152 valence electrons. The number of thiophene rings is 1. The van der Waals surface area contributed by atoms with Crippen molar-refractivity contribution in [2.45, 2.75) is 26.7 Å². The molecule has 0 unspecified atom stereocenters. The average Bonchev–Trinajstić information content (AvgIpc) is 3.02. The summed E-state index contributed by atoms with van der Waals surface area (Å²) in [6, 6.07) is 10.3. The second-order valence-electron chi connectivity index (χ2n) is 7.40. The van der Waals surface area contributed by atoms with E-state index in [1.165, 1.54) is 16.0 Å². The highest BCUT2D eigenvalue weighted by atomic mass is 35.5. The van der Waals surface area contributed by atoms with E-state index in [4.69, 9.17) is 21.6 Å². The first-order chi connectivity index (χ1) is 14.1. The number of aromatic nitrogens is 2. The Hall–Kier alpha value is -2.18. The number of fused-ring (bicyclic) bond motifs is 1. The van der Waals surface area contributed by atoms with Gasteiger partial charge in [-0.15, -0.1) is 22.9 Å². The summed E-state index contributed by atoms with van der Waals surface area (Å²) < 4.78 is 0. The van der Waals surface area contributed by atoms with E-state index in [1.54, 1.807) is 11.3 Å². The van der Waals surface area contributed by atoms with Crippen LogP contribution < -0.4 is 4.90 Å². The number of anilines is 1. The quantitative estimate of drug-likeness (QED) is 0.572. The first-order valence-corrected chi connectivity index (χ1v) is 11.3. The van der Waals surface area contributed by atoms with Gasteiger partial charge in [0.1, 0.15) is 16.5 Å². The van der Waals surface area contributed by atoms with E-state index in [-0.39, 0.29) is 5.91 Å². The number of aryl methyl sites for hydroxylation is 2. The highest BCUT2D eigenvalue weighted by molar-refractivity contribution is 7.18. The van der Waals surface area contributed by atoms with Crippen molar-refractivity contribution < 1.29 is 4.79 Å². The fourth-order valence-electron chi connectivity index (χ4n) is 3.76. The van der Waals surface area contributed by atoms with Crippen LogP contribution >= 0.6 is 22.9 Å². The van der Waals surface area contributed by atoms with Gasteiger partial charge in [0.2, 0.25) is 5.91 Å². The minimum absolute atomic E-state index is 0.139. The van der Waals surface area contributed by atoms with Crippen LogP contribution in [0.1, 0.15) is 28.2 Å². The van der Waals surface area contributed by atoms with Crippen molar-refractivity contribution in [3.8, 4) is 0 Å². The minimum atomic E-state index is 0.139. The number of amides is 1. The third-order valence-electron chi connectivity index (χ3n) is 5.50. The summed E-state index contributed by atoms with van der Waals surface area (Å²) in [5, 5.41) is 1.16. The number of hydrogen-bond acceptors (Lipinski definition) is 5. The first kappa shape index (κ1) is 20.1. The first-order valence-electron chi connectivity index (χ1n) is 9.96. The molecule has 1 saturated heterocycles. The molecule has 3 heterocycles. The number of nitrogens with zero attached hydrogens (tertiary/aromatic N) is 4. The van der Waals surface area contributed by atoms with Crippen LogP contribution in [0.3, 0.4) is 0 Å². The van der Waals surface area contributed by atoms with E-state index < -0.39 is 0 Å². The van der Waals surface area contributed by atoms with Crippen LogP contribution in [-0.2, 0) is 11.2 Å². The molecule has 0 aliphatic carbocycles. The standard InChI is InChI=1S/C22H25ClN4OS/c1-15-16(2)29-22-20(15)21(24-18(25-22)14-17-6-4-3-5-7-17)27-12-10-26(11-13-27)19(28)8-9-23/h3-7H,8-14H2,1-2H3. The van der Waals surface area contributed by atoms with Gasteiger partial charge in [-0.1, -0.05) is 30.3 Å². The smallest absolute Gasteiger partial charge is 0.223 e. The molecule has 1 aliphatic heterocycles. The topological polar surface area (TPSA) is 49.3 Å². The summed E-state index contributed by atoms with van der Waals surface area (Å²) in [6.45, 7) is 7.26. The fraction of sp³-hybridized carbons (Fsp3) is 0.409. The largest absolute Gasteiger partial charge is 0.352 e. The Bertz CT molecular complexity index is 1010. The minimum Gasteiger partial charge on any atom is -0.352 e. The lowest BCUT2D eigenvalue weighted by Gasteiger charge is -2.36. The van der Waals surface area contributed by atoms with E-state index in [2.05, 4.69) is 30.9 Å². The molecule has 4 rings (SSSR count). The number of carbonyl (C=O) groups is 1. The van der Waals surface area contributed by atoms with Crippen molar-refractivity contribution in [1.82, 2.24) is 14.9 Å². The van der Waals surface area contributed by atoms with E-state index in [0.29, 0.717) is 31.8 Å². The van der Waals surface area contributed by atoms with E-state index in [0.717, 1.165) is 34.9 Å². The molecule has 3 aromatic rings. The Morgan fingerprint density at radius 2 is 1.83 bits per heavy atom. The van der Waals surface area contributed by atoms with Crippen molar-refractivity contribution in [1.29, 1.82) is 0 Å². The molecule has 0 atom stereocenters. The molecule has 0 radical (unpaired) electrons. The molecular weight excluding hydrogens is 404 g/mol. The number of rotatable bonds is 5. The van der Waals surface area contributed by atoms with Crippen LogP contribution in [0.15, 0.2) is 30.3 Å².